The third-order valence-electron chi connectivity index (χ3n) is 4.48. The molecule has 25 heavy (non-hydrogen) atoms. The van der Waals surface area contributed by atoms with Gasteiger partial charge < -0.3 is 10.1 Å². The van der Waals surface area contributed by atoms with Gasteiger partial charge in [-0.05, 0) is 68.5 Å². The minimum Gasteiger partial charge on any atom is -0.478 e. The van der Waals surface area contributed by atoms with Crippen LogP contribution in [0, 0.1) is 26.6 Å². The molecule has 0 aliphatic heterocycles. The normalized spacial score (nSPS) is 13.2. The molecule has 1 N–H and O–H groups in total. The second-order valence-electron chi connectivity index (χ2n) is 6.47. The van der Waals surface area contributed by atoms with Crippen LogP contribution >= 0.6 is 0 Å². The van der Waals surface area contributed by atoms with E-state index in [-0.39, 0.29) is 17.7 Å². The van der Waals surface area contributed by atoms with Crippen LogP contribution in [0.4, 0.5) is 4.39 Å². The monoisotopic (exact) mass is 343 g/mol. The van der Waals surface area contributed by atoms with E-state index in [9.17, 15) is 9.18 Å². The van der Waals surface area contributed by atoms with Gasteiger partial charge in [0.15, 0.2) is 17.7 Å². The number of hydrogen-bond acceptors (Lipinski definition) is 2. The van der Waals surface area contributed by atoms with Gasteiger partial charge in [0.25, 0.3) is 5.91 Å². The number of para-hydroxylation sites is 1. The van der Waals surface area contributed by atoms with E-state index in [1.807, 2.05) is 20.8 Å². The number of amides is 1. The topological polar surface area (TPSA) is 38.3 Å². The maximum atomic E-state index is 13.8. The van der Waals surface area contributed by atoms with Crippen LogP contribution in [-0.2, 0) is 4.79 Å². The number of ether oxygens (including phenoxy) is 1. The molecule has 0 heterocycles. The van der Waals surface area contributed by atoms with Gasteiger partial charge in [-0.15, -0.1) is 0 Å². The van der Waals surface area contributed by atoms with Gasteiger partial charge in [0.1, 0.15) is 0 Å². The summed E-state index contributed by atoms with van der Waals surface area (Å²) < 4.78 is 19.3. The number of aryl methyl sites for hydroxylation is 3. The molecule has 1 amide bonds. The number of carbonyl (C=O) groups is 1. The Morgan fingerprint density at radius 3 is 2.40 bits per heavy atom. The quantitative estimate of drug-likeness (QED) is 0.819. The van der Waals surface area contributed by atoms with Gasteiger partial charge >= 0.3 is 0 Å². The third kappa shape index (κ3) is 4.59. The van der Waals surface area contributed by atoms with E-state index < -0.39 is 11.9 Å². The average Bonchev–Trinajstić information content (AvgIpc) is 2.57. The summed E-state index contributed by atoms with van der Waals surface area (Å²) in [7, 11) is 0. The van der Waals surface area contributed by atoms with E-state index in [0.717, 1.165) is 11.1 Å². The molecule has 2 atom stereocenters. The second-order valence-corrected chi connectivity index (χ2v) is 6.47. The zero-order valence-electron chi connectivity index (χ0n) is 15.5. The number of benzene rings is 2. The van der Waals surface area contributed by atoms with E-state index in [1.165, 1.54) is 23.3 Å². The maximum absolute atomic E-state index is 13.8. The van der Waals surface area contributed by atoms with Gasteiger partial charge in [0.05, 0.1) is 6.04 Å². The zero-order valence-corrected chi connectivity index (χ0v) is 15.5. The lowest BCUT2D eigenvalue weighted by Crippen LogP contribution is -2.39. The highest BCUT2D eigenvalue weighted by Gasteiger charge is 2.22. The molecule has 0 fully saturated rings. The molecule has 0 aromatic heterocycles. The fourth-order valence-electron chi connectivity index (χ4n) is 2.85. The lowest BCUT2D eigenvalue weighted by Gasteiger charge is -2.22. The molecule has 0 saturated carbocycles. The van der Waals surface area contributed by atoms with Gasteiger partial charge in [0.2, 0.25) is 0 Å². The fourth-order valence-corrected chi connectivity index (χ4v) is 2.85. The van der Waals surface area contributed by atoms with Crippen molar-refractivity contribution in [2.75, 3.05) is 0 Å². The highest BCUT2D eigenvalue weighted by molar-refractivity contribution is 5.81. The molecular formula is C21H26FNO2. The van der Waals surface area contributed by atoms with Crippen molar-refractivity contribution in [2.24, 2.45) is 0 Å². The summed E-state index contributed by atoms with van der Waals surface area (Å²) in [6, 6.07) is 10.2. The molecule has 0 unspecified atom stereocenters. The first-order valence-corrected chi connectivity index (χ1v) is 8.62. The number of rotatable bonds is 6. The summed E-state index contributed by atoms with van der Waals surface area (Å²) in [5.74, 6) is -0.609. The lowest BCUT2D eigenvalue weighted by atomic mass is 9.96. The third-order valence-corrected chi connectivity index (χ3v) is 4.48. The molecule has 134 valence electrons. The van der Waals surface area contributed by atoms with Gasteiger partial charge in [0, 0.05) is 0 Å². The first-order chi connectivity index (χ1) is 11.8. The molecule has 2 rings (SSSR count). The van der Waals surface area contributed by atoms with Gasteiger partial charge in [-0.3, -0.25) is 4.79 Å². The van der Waals surface area contributed by atoms with E-state index in [2.05, 4.69) is 31.3 Å². The molecule has 0 saturated heterocycles. The maximum Gasteiger partial charge on any atom is 0.261 e. The number of hydrogen-bond donors (Lipinski definition) is 1. The Hall–Kier alpha value is -2.36. The van der Waals surface area contributed by atoms with E-state index in [1.54, 1.807) is 12.1 Å². The molecule has 4 heteroatoms. The molecular weight excluding hydrogens is 317 g/mol. The Morgan fingerprint density at radius 2 is 1.76 bits per heavy atom. The second kappa shape index (κ2) is 8.15. The van der Waals surface area contributed by atoms with Crippen LogP contribution < -0.4 is 10.1 Å². The molecule has 2 aromatic carbocycles. The van der Waals surface area contributed by atoms with Crippen LogP contribution in [0.15, 0.2) is 36.4 Å². The van der Waals surface area contributed by atoms with Crippen LogP contribution in [0.2, 0.25) is 0 Å². The Labute approximate surface area is 149 Å². The van der Waals surface area contributed by atoms with Crippen molar-refractivity contribution in [3.63, 3.8) is 0 Å². The molecule has 2 aromatic rings. The van der Waals surface area contributed by atoms with Gasteiger partial charge in [-0.1, -0.05) is 31.2 Å². The molecule has 3 nitrogen and oxygen atoms in total. The average molecular weight is 343 g/mol. The lowest BCUT2D eigenvalue weighted by molar-refractivity contribution is -0.128. The Kier molecular flexibility index (Phi) is 6.18. The predicted octanol–water partition coefficient (Wildman–Crippen LogP) is 4.79. The Morgan fingerprint density at radius 1 is 1.12 bits per heavy atom. The Balaban J connectivity index is 2.11. The van der Waals surface area contributed by atoms with Gasteiger partial charge in [-0.25, -0.2) is 4.39 Å². The highest BCUT2D eigenvalue weighted by Crippen LogP contribution is 2.23. The molecule has 0 radical (unpaired) electrons. The SMILES string of the molecule is CC[C@H](Oc1ccccc1F)C(=O)N[C@@H](C)c1cc(C)c(C)cc1C. The van der Waals surface area contributed by atoms with Crippen LogP contribution in [-0.4, -0.2) is 12.0 Å². The van der Waals surface area contributed by atoms with Crippen molar-refractivity contribution in [3.8, 4) is 5.75 Å². The summed E-state index contributed by atoms with van der Waals surface area (Å²) in [5.41, 5.74) is 4.64. The van der Waals surface area contributed by atoms with Crippen molar-refractivity contribution >= 4 is 5.91 Å². The van der Waals surface area contributed by atoms with Gasteiger partial charge in [-0.2, -0.15) is 0 Å². The van der Waals surface area contributed by atoms with Crippen LogP contribution in [0.3, 0.4) is 0 Å². The summed E-state index contributed by atoms with van der Waals surface area (Å²) in [5, 5.41) is 2.99. The van der Waals surface area contributed by atoms with Crippen molar-refractivity contribution < 1.29 is 13.9 Å². The molecule has 0 spiro atoms. The number of halogens is 1. The molecule has 0 bridgehead atoms. The van der Waals surface area contributed by atoms with Crippen molar-refractivity contribution in [1.82, 2.24) is 5.32 Å². The zero-order chi connectivity index (χ0) is 18.6. The molecule has 0 aliphatic rings. The van der Waals surface area contributed by atoms with Crippen LogP contribution in [0.1, 0.15) is 48.6 Å². The van der Waals surface area contributed by atoms with E-state index >= 15 is 0 Å². The Bertz CT molecular complexity index is 758. The van der Waals surface area contributed by atoms with Crippen molar-refractivity contribution in [2.45, 2.75) is 53.2 Å². The van der Waals surface area contributed by atoms with E-state index in [4.69, 9.17) is 4.74 Å². The first-order valence-electron chi connectivity index (χ1n) is 8.62. The van der Waals surface area contributed by atoms with Crippen molar-refractivity contribution in [3.05, 3.63) is 64.5 Å². The minimum atomic E-state index is -0.730. The largest absolute Gasteiger partial charge is 0.478 e. The fraction of sp³-hybridized carbons (Fsp3) is 0.381. The van der Waals surface area contributed by atoms with Crippen LogP contribution in [0.25, 0.3) is 0 Å². The molecule has 0 aliphatic carbocycles. The predicted molar refractivity (Wildman–Crippen MR) is 98.3 cm³/mol. The smallest absolute Gasteiger partial charge is 0.261 e. The van der Waals surface area contributed by atoms with Crippen molar-refractivity contribution in [1.29, 1.82) is 0 Å². The minimum absolute atomic E-state index is 0.0968. The first kappa shape index (κ1) is 19.0. The summed E-state index contributed by atoms with van der Waals surface area (Å²) in [4.78, 5) is 12.6. The summed E-state index contributed by atoms with van der Waals surface area (Å²) in [6.07, 6.45) is -0.273. The number of nitrogens with one attached hydrogen (secondary N) is 1. The summed E-state index contributed by atoms with van der Waals surface area (Å²) in [6.45, 7) is 9.97. The van der Waals surface area contributed by atoms with Crippen LogP contribution in [0.5, 0.6) is 5.75 Å². The standard InChI is InChI=1S/C21H26FNO2/c1-6-19(25-20-10-8-7-9-18(20)22)21(24)23-16(5)17-12-14(3)13(2)11-15(17)4/h7-12,16,19H,6H2,1-5H3,(H,23,24)/t16-,19-/m0/s1. The summed E-state index contributed by atoms with van der Waals surface area (Å²) >= 11 is 0. The highest BCUT2D eigenvalue weighted by atomic mass is 19.1. The van der Waals surface area contributed by atoms with E-state index in [0.29, 0.717) is 6.42 Å². The number of carbonyl (C=O) groups excluding carboxylic acids is 1.